The molecule has 6 heterocycles. The molecule has 396 valence electrons. The van der Waals surface area contributed by atoms with Crippen molar-refractivity contribution in [3.63, 3.8) is 0 Å². The highest BCUT2D eigenvalue weighted by Gasteiger charge is 2.37. The van der Waals surface area contributed by atoms with Crippen LogP contribution in [0.1, 0.15) is 68.1 Å². The molecule has 0 unspecified atom stereocenters. The van der Waals surface area contributed by atoms with Gasteiger partial charge in [0.2, 0.25) is 17.7 Å². The maximum absolute atomic E-state index is 16.2. The number of amides is 4. The lowest BCUT2D eigenvalue weighted by Gasteiger charge is -2.39. The van der Waals surface area contributed by atoms with Crippen LogP contribution < -0.4 is 20.1 Å². The van der Waals surface area contributed by atoms with Crippen molar-refractivity contribution in [1.29, 1.82) is 0 Å². The first-order valence-corrected chi connectivity index (χ1v) is 26.5. The van der Waals surface area contributed by atoms with Crippen LogP contribution in [0.2, 0.25) is 0 Å². The summed E-state index contributed by atoms with van der Waals surface area (Å²) in [6, 6.07) is 11.4. The summed E-state index contributed by atoms with van der Waals surface area (Å²) in [7, 11) is 3.34. The summed E-state index contributed by atoms with van der Waals surface area (Å²) in [4.78, 5) is 66.0. The van der Waals surface area contributed by atoms with Gasteiger partial charge >= 0.3 is 0 Å². The van der Waals surface area contributed by atoms with E-state index in [0.29, 0.717) is 57.6 Å². The average molecular weight is 1030 g/mol. The Morgan fingerprint density at radius 3 is 2.32 bits per heavy atom. The van der Waals surface area contributed by atoms with Gasteiger partial charge in [-0.2, -0.15) is 0 Å². The third-order valence-corrected chi connectivity index (χ3v) is 15.0. The van der Waals surface area contributed by atoms with E-state index in [4.69, 9.17) is 28.2 Å². The third kappa shape index (κ3) is 14.1. The minimum Gasteiger partial charge on any atom is -0.489 e. The van der Waals surface area contributed by atoms with Crippen LogP contribution in [-0.4, -0.2) is 182 Å². The molecule has 8 rings (SSSR count). The summed E-state index contributed by atoms with van der Waals surface area (Å²) >= 11 is 1.65. The summed E-state index contributed by atoms with van der Waals surface area (Å²) in [5, 5.41) is 12.3. The fourth-order valence-corrected chi connectivity index (χ4v) is 10.5. The number of fused-ring (bicyclic) bond motifs is 2. The number of benzene rings is 1. The zero-order valence-electron chi connectivity index (χ0n) is 42.3. The van der Waals surface area contributed by atoms with Gasteiger partial charge in [-0.1, -0.05) is 31.4 Å². The fourth-order valence-electron chi connectivity index (χ4n) is 9.66. The van der Waals surface area contributed by atoms with Gasteiger partial charge < -0.3 is 58.1 Å². The molecule has 1 aromatic carbocycles. The molecule has 1 aliphatic carbocycles. The number of likely N-dealkylation sites (tertiary alicyclic amines) is 1. The fraction of sp³-hybridized carbons (Fsp3) is 0.577. The quantitative estimate of drug-likeness (QED) is 0.0745. The van der Waals surface area contributed by atoms with Crippen LogP contribution in [0.15, 0.2) is 58.6 Å². The monoisotopic (exact) mass is 1030 g/mol. The number of aromatic nitrogens is 3. The SMILES string of the molecule is CN[C@@H](C)C(=O)N[C@H](C(=O)N1CCN(C(=O)c2c(F)c3ccccc3n2CC(=O)N(C)CCOCCOCCOCCOc2cc(CN3CCC(Oc4ccnc5ccsc45)CC3)on2)CC1)C1CCCCC1. The number of nitrogens with zero attached hydrogens (tertiary/aromatic N) is 7. The van der Waals surface area contributed by atoms with E-state index in [1.54, 1.807) is 67.7 Å². The number of hydrogen-bond acceptors (Lipinski definition) is 15. The van der Waals surface area contributed by atoms with Crippen molar-refractivity contribution in [2.24, 2.45) is 5.92 Å². The van der Waals surface area contributed by atoms with Gasteiger partial charge in [0.25, 0.3) is 11.8 Å². The van der Waals surface area contributed by atoms with E-state index in [1.807, 2.05) is 23.6 Å². The summed E-state index contributed by atoms with van der Waals surface area (Å²) < 4.78 is 53.3. The zero-order chi connectivity index (χ0) is 51.1. The lowest BCUT2D eigenvalue weighted by atomic mass is 9.83. The Labute approximate surface area is 429 Å². The molecule has 0 bridgehead atoms. The van der Waals surface area contributed by atoms with Crippen LogP contribution in [0.4, 0.5) is 4.39 Å². The number of nitrogens with one attached hydrogen (secondary N) is 2. The number of pyridine rings is 1. The number of ether oxygens (including phenoxy) is 5. The predicted molar refractivity (Wildman–Crippen MR) is 272 cm³/mol. The molecule has 73 heavy (non-hydrogen) atoms. The predicted octanol–water partition coefficient (Wildman–Crippen LogP) is 4.97. The number of hydrogen-bond donors (Lipinski definition) is 2. The number of piperazine rings is 1. The van der Waals surface area contributed by atoms with Crippen LogP contribution in [0.25, 0.3) is 21.1 Å². The maximum atomic E-state index is 16.2. The van der Waals surface area contributed by atoms with Gasteiger partial charge in [-0.15, -0.1) is 11.3 Å². The molecule has 4 aromatic heterocycles. The molecule has 5 aromatic rings. The van der Waals surface area contributed by atoms with Crippen LogP contribution in [-0.2, 0) is 41.7 Å². The van der Waals surface area contributed by atoms with E-state index < -0.39 is 23.8 Å². The van der Waals surface area contributed by atoms with E-state index >= 15 is 4.39 Å². The molecule has 21 heteroatoms. The van der Waals surface area contributed by atoms with Gasteiger partial charge in [0.15, 0.2) is 11.6 Å². The topological polar surface area (TPSA) is 195 Å². The molecular formula is C52H70FN9O10S. The molecule has 0 radical (unpaired) electrons. The second-order valence-corrected chi connectivity index (χ2v) is 19.9. The van der Waals surface area contributed by atoms with Gasteiger partial charge in [0.05, 0.1) is 68.0 Å². The number of carbonyl (C=O) groups excluding carboxylic acids is 4. The molecule has 3 fully saturated rings. The standard InChI is InChI=1S/C52H70FN9O10S/c1-36(54-2)50(64)56-47(37-9-5-4-6-10-37)51(65)60-20-22-61(23-21-60)52(66)48-46(53)40-11-7-8-12-42(40)62(48)35-45(63)58(3)24-25-67-26-27-68-28-29-69-30-31-70-44-33-39(72-57-44)34-59-18-14-38(15-19-59)71-43-13-17-55-41-16-32-73-49(41)43/h7-8,11-13,16-17,32-33,36-38,47,54H,4-6,9-10,14-15,18-31,34-35H2,1-3H3,(H,56,64)/t36-,47-/m0/s1. The Morgan fingerprint density at radius 1 is 0.877 bits per heavy atom. The van der Waals surface area contributed by atoms with Gasteiger partial charge in [0.1, 0.15) is 36.7 Å². The van der Waals surface area contributed by atoms with E-state index in [9.17, 15) is 19.2 Å². The first kappa shape index (κ1) is 53.6. The van der Waals surface area contributed by atoms with Crippen molar-refractivity contribution in [3.8, 4) is 11.6 Å². The minimum absolute atomic E-state index is 0.0391. The van der Waals surface area contributed by atoms with Gasteiger partial charge in [0, 0.05) is 70.5 Å². The first-order valence-electron chi connectivity index (χ1n) is 25.7. The highest BCUT2D eigenvalue weighted by atomic mass is 32.1. The average Bonchev–Trinajstić information content (AvgIpc) is 4.16. The van der Waals surface area contributed by atoms with Gasteiger partial charge in [-0.25, -0.2) is 4.39 Å². The molecule has 3 aliphatic rings. The first-order chi connectivity index (χ1) is 35.6. The molecule has 2 atom stereocenters. The second-order valence-electron chi connectivity index (χ2n) is 18.9. The maximum Gasteiger partial charge on any atom is 0.273 e. The van der Waals surface area contributed by atoms with Crippen LogP contribution in [0.3, 0.4) is 0 Å². The highest BCUT2D eigenvalue weighted by Crippen LogP contribution is 2.32. The van der Waals surface area contributed by atoms with Crippen LogP contribution in [0.5, 0.6) is 11.6 Å². The zero-order valence-corrected chi connectivity index (χ0v) is 43.1. The number of halogens is 1. The summed E-state index contributed by atoms with van der Waals surface area (Å²) in [6.07, 6.45) is 8.65. The van der Waals surface area contributed by atoms with E-state index in [1.165, 1.54) is 14.4 Å². The second kappa shape index (κ2) is 26.5. The number of likely N-dealkylation sites (N-methyl/N-ethyl adjacent to an activating group) is 2. The Bertz CT molecular complexity index is 2590. The summed E-state index contributed by atoms with van der Waals surface area (Å²) in [6.45, 7) is 7.33. The Kier molecular flexibility index (Phi) is 19.4. The lowest BCUT2D eigenvalue weighted by Crippen LogP contribution is -2.59. The van der Waals surface area contributed by atoms with E-state index in [0.717, 1.165) is 79.8 Å². The van der Waals surface area contributed by atoms with Crippen LogP contribution in [0, 0.1) is 11.7 Å². The van der Waals surface area contributed by atoms with E-state index in [2.05, 4.69) is 25.7 Å². The number of thiophene rings is 1. The third-order valence-electron chi connectivity index (χ3n) is 14.1. The van der Waals surface area contributed by atoms with Gasteiger partial charge in [-0.05, 0) is 80.4 Å². The molecular weight excluding hydrogens is 962 g/mol. The summed E-state index contributed by atoms with van der Waals surface area (Å²) in [5.74, 6) is 0.154. The number of para-hydroxylation sites is 1. The largest absolute Gasteiger partial charge is 0.489 e. The molecule has 0 spiro atoms. The number of rotatable bonds is 25. The Balaban J connectivity index is 0.691. The molecule has 2 aliphatic heterocycles. The van der Waals surface area contributed by atoms with Crippen molar-refractivity contribution < 1.29 is 51.8 Å². The molecule has 2 N–H and O–H groups in total. The molecule has 4 amide bonds. The van der Waals surface area contributed by atoms with Gasteiger partial charge in [-0.3, -0.25) is 29.1 Å². The highest BCUT2D eigenvalue weighted by molar-refractivity contribution is 7.17. The molecule has 2 saturated heterocycles. The van der Waals surface area contributed by atoms with Crippen molar-refractivity contribution in [2.45, 2.75) is 83.1 Å². The smallest absolute Gasteiger partial charge is 0.273 e. The Hall–Kier alpha value is -5.71. The number of carbonyl (C=O) groups is 4. The Morgan fingerprint density at radius 2 is 1.58 bits per heavy atom. The van der Waals surface area contributed by atoms with Crippen LogP contribution >= 0.6 is 11.3 Å². The normalized spacial score (nSPS) is 17.0. The van der Waals surface area contributed by atoms with Crippen molar-refractivity contribution in [2.75, 3.05) is 106 Å². The number of piperidine rings is 1. The van der Waals surface area contributed by atoms with Crippen molar-refractivity contribution in [1.82, 2.24) is 44.9 Å². The van der Waals surface area contributed by atoms with E-state index in [-0.39, 0.29) is 86.7 Å². The van der Waals surface area contributed by atoms with Crippen molar-refractivity contribution in [3.05, 3.63) is 71.3 Å². The van der Waals surface area contributed by atoms with Crippen molar-refractivity contribution >= 4 is 56.1 Å². The molecule has 19 nitrogen and oxygen atoms in total. The molecule has 1 saturated carbocycles. The lowest BCUT2D eigenvalue weighted by molar-refractivity contribution is -0.140. The summed E-state index contributed by atoms with van der Waals surface area (Å²) in [5.41, 5.74) is 1.20. The minimum atomic E-state index is -0.692.